The topological polar surface area (TPSA) is 43.1 Å². The highest BCUT2D eigenvalue weighted by atomic mass is 16.1. The molecule has 1 rings (SSSR count). The van der Waals surface area contributed by atoms with E-state index in [0.717, 1.165) is 5.56 Å². The zero-order valence-corrected chi connectivity index (χ0v) is 7.16. The number of rotatable bonds is 3. The second-order valence-corrected chi connectivity index (χ2v) is 2.87. The molecule has 0 aliphatic heterocycles. The van der Waals surface area contributed by atoms with Crippen LogP contribution in [0.1, 0.15) is 17.3 Å². The summed E-state index contributed by atoms with van der Waals surface area (Å²) >= 11 is 0. The zero-order valence-electron chi connectivity index (χ0n) is 7.16. The van der Waals surface area contributed by atoms with E-state index >= 15 is 0 Å². The molecular weight excluding hydrogens is 150 g/mol. The Morgan fingerprint density at radius 2 is 2.00 bits per heavy atom. The van der Waals surface area contributed by atoms with Gasteiger partial charge in [-0.1, -0.05) is 37.3 Å². The van der Waals surface area contributed by atoms with Crippen molar-refractivity contribution in [1.82, 2.24) is 0 Å². The molecule has 0 aliphatic rings. The molecule has 0 bridgehead atoms. The van der Waals surface area contributed by atoms with Gasteiger partial charge in [0.1, 0.15) is 0 Å². The zero-order chi connectivity index (χ0) is 8.97. The van der Waals surface area contributed by atoms with Gasteiger partial charge in [-0.3, -0.25) is 4.79 Å². The molecule has 0 heterocycles. The van der Waals surface area contributed by atoms with E-state index < -0.39 is 0 Å². The van der Waals surface area contributed by atoms with Crippen molar-refractivity contribution < 1.29 is 4.79 Å². The van der Waals surface area contributed by atoms with Crippen molar-refractivity contribution in [2.24, 2.45) is 11.7 Å². The van der Waals surface area contributed by atoms with Crippen LogP contribution in [0.25, 0.3) is 0 Å². The van der Waals surface area contributed by atoms with Gasteiger partial charge in [0.15, 0.2) is 5.78 Å². The number of nitrogens with two attached hydrogens (primary N) is 1. The Balaban J connectivity index is 2.79. The first kappa shape index (κ1) is 8.94. The third-order valence-corrected chi connectivity index (χ3v) is 1.86. The van der Waals surface area contributed by atoms with Crippen molar-refractivity contribution in [1.29, 1.82) is 0 Å². The number of hydrogen-bond donors (Lipinski definition) is 1. The van der Waals surface area contributed by atoms with Gasteiger partial charge in [-0.05, 0) is 0 Å². The average molecular weight is 163 g/mol. The molecule has 0 aromatic heterocycles. The summed E-state index contributed by atoms with van der Waals surface area (Å²) in [6.45, 7) is 2.25. The van der Waals surface area contributed by atoms with E-state index in [4.69, 9.17) is 5.73 Å². The van der Waals surface area contributed by atoms with E-state index in [1.807, 2.05) is 37.3 Å². The van der Waals surface area contributed by atoms with E-state index in [9.17, 15) is 4.79 Å². The molecule has 0 radical (unpaired) electrons. The highest BCUT2D eigenvalue weighted by Gasteiger charge is 2.11. The minimum absolute atomic E-state index is 0.0765. The Morgan fingerprint density at radius 1 is 1.42 bits per heavy atom. The molecule has 0 aliphatic carbocycles. The van der Waals surface area contributed by atoms with Crippen LogP contribution in [-0.4, -0.2) is 12.3 Å². The number of Topliss-reactive ketones (excluding diaryl/α,β-unsaturated/α-hetero) is 1. The van der Waals surface area contributed by atoms with Gasteiger partial charge >= 0.3 is 0 Å². The summed E-state index contributed by atoms with van der Waals surface area (Å²) in [7, 11) is 0. The van der Waals surface area contributed by atoms with Gasteiger partial charge in [-0.2, -0.15) is 0 Å². The Hall–Kier alpha value is -1.15. The van der Waals surface area contributed by atoms with Crippen molar-refractivity contribution in [3.63, 3.8) is 0 Å². The second kappa shape index (κ2) is 4.02. The first-order valence-corrected chi connectivity index (χ1v) is 4.05. The lowest BCUT2D eigenvalue weighted by molar-refractivity contribution is 0.0934. The quantitative estimate of drug-likeness (QED) is 0.685. The van der Waals surface area contributed by atoms with E-state index in [1.54, 1.807) is 0 Å². The Kier molecular flexibility index (Phi) is 3.00. The lowest BCUT2D eigenvalue weighted by Gasteiger charge is -2.05. The van der Waals surface area contributed by atoms with Gasteiger partial charge in [0, 0.05) is 18.0 Å². The Morgan fingerprint density at radius 3 is 2.50 bits per heavy atom. The molecule has 2 nitrogen and oxygen atoms in total. The molecular formula is C10H13NO. The fourth-order valence-electron chi connectivity index (χ4n) is 0.994. The highest BCUT2D eigenvalue weighted by Crippen LogP contribution is 2.06. The Bertz CT molecular complexity index is 256. The number of benzene rings is 1. The summed E-state index contributed by atoms with van der Waals surface area (Å²) in [6.07, 6.45) is 0. The minimum atomic E-state index is -0.0765. The van der Waals surface area contributed by atoms with Crippen LogP contribution < -0.4 is 5.73 Å². The predicted molar refractivity (Wildman–Crippen MR) is 49.0 cm³/mol. The molecule has 0 saturated carbocycles. The van der Waals surface area contributed by atoms with E-state index in [-0.39, 0.29) is 11.7 Å². The van der Waals surface area contributed by atoms with Crippen molar-refractivity contribution >= 4 is 5.78 Å². The molecule has 0 saturated heterocycles. The fourth-order valence-corrected chi connectivity index (χ4v) is 0.994. The van der Waals surface area contributed by atoms with Gasteiger partial charge in [0.2, 0.25) is 0 Å². The average Bonchev–Trinajstić information content (AvgIpc) is 2.17. The number of ketones is 1. The largest absolute Gasteiger partial charge is 0.330 e. The van der Waals surface area contributed by atoms with E-state index in [0.29, 0.717) is 6.54 Å². The van der Waals surface area contributed by atoms with Gasteiger partial charge in [-0.25, -0.2) is 0 Å². The smallest absolute Gasteiger partial charge is 0.166 e. The van der Waals surface area contributed by atoms with Gasteiger partial charge in [0.05, 0.1) is 0 Å². The SMILES string of the molecule is CC(CN)C(=O)c1ccccc1. The standard InChI is InChI=1S/C10H13NO/c1-8(7-11)10(12)9-5-3-2-4-6-9/h2-6,8H,7,11H2,1H3. The van der Waals surface area contributed by atoms with Crippen LogP contribution in [-0.2, 0) is 0 Å². The lowest BCUT2D eigenvalue weighted by atomic mass is 10.00. The summed E-state index contributed by atoms with van der Waals surface area (Å²) in [4.78, 5) is 11.5. The molecule has 12 heavy (non-hydrogen) atoms. The van der Waals surface area contributed by atoms with Crippen LogP contribution in [0.4, 0.5) is 0 Å². The molecule has 0 spiro atoms. The first-order chi connectivity index (χ1) is 5.75. The molecule has 2 heteroatoms. The first-order valence-electron chi connectivity index (χ1n) is 4.05. The Labute approximate surface area is 72.4 Å². The third-order valence-electron chi connectivity index (χ3n) is 1.86. The second-order valence-electron chi connectivity index (χ2n) is 2.87. The van der Waals surface area contributed by atoms with Crippen molar-refractivity contribution in [2.45, 2.75) is 6.92 Å². The normalized spacial score (nSPS) is 12.5. The molecule has 1 atom stereocenters. The van der Waals surface area contributed by atoms with Crippen LogP contribution in [0.2, 0.25) is 0 Å². The minimum Gasteiger partial charge on any atom is -0.330 e. The van der Waals surface area contributed by atoms with Crippen LogP contribution in [0.5, 0.6) is 0 Å². The molecule has 1 aromatic carbocycles. The summed E-state index contributed by atoms with van der Waals surface area (Å²) < 4.78 is 0. The molecule has 64 valence electrons. The summed E-state index contributed by atoms with van der Waals surface area (Å²) in [6, 6.07) is 9.24. The van der Waals surface area contributed by atoms with Gasteiger partial charge in [0.25, 0.3) is 0 Å². The molecule has 1 unspecified atom stereocenters. The van der Waals surface area contributed by atoms with Crippen molar-refractivity contribution in [2.75, 3.05) is 6.54 Å². The number of hydrogen-bond acceptors (Lipinski definition) is 2. The molecule has 0 fully saturated rings. The van der Waals surface area contributed by atoms with Crippen molar-refractivity contribution in [3.05, 3.63) is 35.9 Å². The van der Waals surface area contributed by atoms with Crippen LogP contribution in [0.15, 0.2) is 30.3 Å². The number of carbonyl (C=O) groups is 1. The maximum absolute atomic E-state index is 11.5. The summed E-state index contributed by atoms with van der Waals surface area (Å²) in [5.74, 6) is 0.0468. The lowest BCUT2D eigenvalue weighted by Crippen LogP contribution is -2.20. The van der Waals surface area contributed by atoms with Crippen LogP contribution >= 0.6 is 0 Å². The van der Waals surface area contributed by atoms with Gasteiger partial charge < -0.3 is 5.73 Å². The highest BCUT2D eigenvalue weighted by molar-refractivity contribution is 5.97. The van der Waals surface area contributed by atoms with Crippen molar-refractivity contribution in [3.8, 4) is 0 Å². The summed E-state index contributed by atoms with van der Waals surface area (Å²) in [5.41, 5.74) is 6.14. The predicted octanol–water partition coefficient (Wildman–Crippen LogP) is 1.46. The maximum Gasteiger partial charge on any atom is 0.166 e. The van der Waals surface area contributed by atoms with Crippen LogP contribution in [0.3, 0.4) is 0 Å². The molecule has 2 N–H and O–H groups in total. The molecule has 1 aromatic rings. The fraction of sp³-hybridized carbons (Fsp3) is 0.300. The molecule has 0 amide bonds. The van der Waals surface area contributed by atoms with E-state index in [1.165, 1.54) is 0 Å². The van der Waals surface area contributed by atoms with Crippen LogP contribution in [0, 0.1) is 5.92 Å². The van der Waals surface area contributed by atoms with E-state index in [2.05, 4.69) is 0 Å². The third kappa shape index (κ3) is 1.92. The van der Waals surface area contributed by atoms with Gasteiger partial charge in [-0.15, -0.1) is 0 Å². The number of carbonyl (C=O) groups excluding carboxylic acids is 1. The summed E-state index contributed by atoms with van der Waals surface area (Å²) in [5, 5.41) is 0. The monoisotopic (exact) mass is 163 g/mol. The maximum atomic E-state index is 11.5.